The standard InChI is InChI=1S/C46H77NO17.C31H51NO10/c1-13-33-30(22-58-45-42(57-12)41(56-11)37(52)26(5)60-45)18-23(2)14-15-31(49)24(3)19-29(16-17-48)39(25(4)32(50)20-34(51)62-33)64-44-38(53)36(47(9)10)40(27(6)61-44)63-35-21-46(8,55)43(54)28(7)59-35;1-8-25-22(16-34)13-17(2)9-10-23(35)18(3)14-21(11-12-33)30(19(4)24(36)15-26(37)41-25)42-31-29(39)27(32(6)7)28(38)20(5)40-31/h14-15,17-18,24-30,32-33,35-45,50,52-55H,13,16,19-22H2,1-12H3;9-10,12-13,18-22,24-25,27-31,34,36,38-39H,8,11,14-16H2,1-7H3/b15-14+,23-18+;10-9+,17-13+/t24-,25+,26?,27?,28?,29+,30-,32-,33-,35+,36?,37-,38?,39-,40-,41+,42?,43+,44+,45-,46?;18-,19+,20?,21+,22-,24-,25-,27?,28-,29?,30-,31+/m11/s1. The van der Waals surface area contributed by atoms with Crippen LogP contribution in [0.15, 0.2) is 47.6 Å². The Kier molecular flexibility index (Phi) is 37.4. The van der Waals surface area contributed by atoms with Gasteiger partial charge < -0.3 is 122 Å². The monoisotopic (exact) mass is 1510 g/mol. The molecule has 6 rings (SSSR count). The van der Waals surface area contributed by atoms with Gasteiger partial charge in [0.25, 0.3) is 0 Å². The second-order valence-corrected chi connectivity index (χ2v) is 30.8. The Morgan fingerprint density at radius 1 is 0.538 bits per heavy atom. The number of nitrogens with zero attached hydrogens (tertiary/aromatic N) is 2. The highest BCUT2D eigenvalue weighted by Gasteiger charge is 2.53. The van der Waals surface area contributed by atoms with Gasteiger partial charge in [-0.1, -0.05) is 77.0 Å². The van der Waals surface area contributed by atoms with Crippen LogP contribution in [-0.4, -0.2) is 300 Å². The Morgan fingerprint density at radius 3 is 1.41 bits per heavy atom. The van der Waals surface area contributed by atoms with Crippen LogP contribution in [0.4, 0.5) is 0 Å². The SMILES string of the molecule is CC[C@H]1OC(=O)C[C@@H](O)[C@H](C)[C@@H](O[C@@H]2OC(C)[C@@H](O)C(N(C)C)C2O)[C@@H](CC=O)C[C@@H](C)C(=O)/C=C/C(C)=C/[C@@H]1CO.CC[C@H]1OC(=O)C[C@@H](O)[C@H](C)[C@@H](O[C@@H]2OC(C)[C@@H](O[C@H]3CC(C)(O)[C@@H](O)C(C)O3)C(N(C)C)C2O)[C@@H](CC=O)C[C@@H](C)C(=O)/C=C/C(C)=C/[C@@H]1CO[C@@H]1OC(C)[C@@H](O)[C@H](OC)C1OC. The van der Waals surface area contributed by atoms with Gasteiger partial charge in [0.15, 0.2) is 36.7 Å². The Balaban J connectivity index is 0.000000416. The molecule has 0 aromatic heterocycles. The highest BCUT2D eigenvalue weighted by molar-refractivity contribution is 5.92. The minimum atomic E-state index is -1.49. The molecule has 6 aliphatic rings. The number of likely N-dealkylation sites (N-methyl/N-ethyl adjacent to an activating group) is 2. The number of carbonyl (C=O) groups is 6. The van der Waals surface area contributed by atoms with Gasteiger partial charge in [-0.05, 0) is 126 Å². The molecule has 0 spiro atoms. The van der Waals surface area contributed by atoms with Crippen molar-refractivity contribution < 1.29 is 132 Å². The fourth-order valence-electron chi connectivity index (χ4n) is 15.4. The Hall–Kier alpha value is -4.26. The Bertz CT molecular complexity index is 2870. The van der Waals surface area contributed by atoms with E-state index < -0.39 is 218 Å². The van der Waals surface area contributed by atoms with Crippen molar-refractivity contribution in [2.45, 2.75) is 301 Å². The summed E-state index contributed by atoms with van der Waals surface area (Å²) in [6.07, 6.45) is -9.60. The van der Waals surface area contributed by atoms with Gasteiger partial charge in [-0.3, -0.25) is 19.2 Å². The molecule has 6 aliphatic heterocycles. The third-order valence-corrected chi connectivity index (χ3v) is 22.0. The first-order valence-corrected chi connectivity index (χ1v) is 37.6. The third kappa shape index (κ3) is 24.9. The lowest BCUT2D eigenvalue weighted by molar-refractivity contribution is -0.341. The number of hydrogen-bond donors (Lipinski definition) is 9. The summed E-state index contributed by atoms with van der Waals surface area (Å²) in [7, 11) is 9.87. The predicted molar refractivity (Wildman–Crippen MR) is 385 cm³/mol. The topological polar surface area (TPSA) is 402 Å². The van der Waals surface area contributed by atoms with E-state index in [-0.39, 0.29) is 63.3 Å². The van der Waals surface area contributed by atoms with Gasteiger partial charge in [-0.25, -0.2) is 0 Å². The number of ether oxygens (including phenoxy) is 12. The van der Waals surface area contributed by atoms with Crippen molar-refractivity contribution in [2.24, 2.45) is 47.3 Å². The average Bonchev–Trinajstić information content (AvgIpc) is 0.435. The average molecular weight is 1510 g/mol. The van der Waals surface area contributed by atoms with E-state index in [1.807, 2.05) is 26.8 Å². The lowest BCUT2D eigenvalue weighted by Gasteiger charge is -2.50. The van der Waals surface area contributed by atoms with Crippen molar-refractivity contribution in [1.82, 2.24) is 9.80 Å². The van der Waals surface area contributed by atoms with Crippen molar-refractivity contribution in [1.29, 1.82) is 0 Å². The molecule has 0 radical (unpaired) electrons. The molecule has 10 unspecified atom stereocenters. The second-order valence-electron chi connectivity index (χ2n) is 30.8. The molecule has 0 aliphatic carbocycles. The quantitative estimate of drug-likeness (QED) is 0.0624. The molecule has 0 saturated carbocycles. The molecular formula is C77H128N2O27. The summed E-state index contributed by atoms with van der Waals surface area (Å²) in [6.45, 7) is 22.1. The minimum Gasteiger partial charge on any atom is -0.462 e. The summed E-state index contributed by atoms with van der Waals surface area (Å²) >= 11 is 0. The molecule has 0 bridgehead atoms. The normalized spacial score (nSPS) is 44.2. The van der Waals surface area contributed by atoms with Crippen molar-refractivity contribution in [3.63, 3.8) is 0 Å². The molecule has 29 heteroatoms. The molecule has 29 nitrogen and oxygen atoms in total. The minimum absolute atomic E-state index is 0.000625. The van der Waals surface area contributed by atoms with E-state index in [0.717, 1.165) is 12.6 Å². The fourth-order valence-corrected chi connectivity index (χ4v) is 15.4. The lowest BCUT2D eigenvalue weighted by atomic mass is 9.79. The van der Waals surface area contributed by atoms with Crippen LogP contribution in [0.2, 0.25) is 0 Å². The predicted octanol–water partition coefficient (Wildman–Crippen LogP) is 3.24. The number of aliphatic hydroxyl groups is 9. The van der Waals surface area contributed by atoms with E-state index in [1.54, 1.807) is 119 Å². The van der Waals surface area contributed by atoms with E-state index in [1.165, 1.54) is 33.3 Å². The maximum absolute atomic E-state index is 13.8. The largest absolute Gasteiger partial charge is 0.462 e. The summed E-state index contributed by atoms with van der Waals surface area (Å²) in [4.78, 5) is 81.1. The van der Waals surface area contributed by atoms with Crippen LogP contribution in [-0.2, 0) is 85.6 Å². The summed E-state index contributed by atoms with van der Waals surface area (Å²) in [6, 6.07) is -1.46. The van der Waals surface area contributed by atoms with E-state index in [2.05, 4.69) is 0 Å². The first kappa shape index (κ1) is 92.3. The summed E-state index contributed by atoms with van der Waals surface area (Å²) in [5.74, 6) is -6.75. The molecule has 6 heterocycles. The number of allylic oxidation sites excluding steroid dienone is 6. The molecule has 608 valence electrons. The maximum atomic E-state index is 13.8. The van der Waals surface area contributed by atoms with Gasteiger partial charge in [-0.15, -0.1) is 0 Å². The molecule has 0 aromatic carbocycles. The Labute approximate surface area is 626 Å². The van der Waals surface area contributed by atoms with Crippen LogP contribution in [0.1, 0.15) is 148 Å². The van der Waals surface area contributed by atoms with Gasteiger partial charge in [0, 0.05) is 69.0 Å². The number of hydrogen-bond acceptors (Lipinski definition) is 29. The highest BCUT2D eigenvalue weighted by atomic mass is 16.7. The number of rotatable bonds is 20. The molecule has 4 saturated heterocycles. The first-order valence-electron chi connectivity index (χ1n) is 37.6. The van der Waals surface area contributed by atoms with Crippen molar-refractivity contribution in [3.8, 4) is 0 Å². The number of esters is 2. The number of cyclic esters (lactones) is 2. The molecule has 33 atom stereocenters. The van der Waals surface area contributed by atoms with Crippen LogP contribution < -0.4 is 0 Å². The fraction of sp³-hybridized carbons (Fsp3) is 0.818. The van der Waals surface area contributed by atoms with E-state index in [9.17, 15) is 74.7 Å². The third-order valence-electron chi connectivity index (χ3n) is 22.0. The maximum Gasteiger partial charge on any atom is 0.308 e. The van der Waals surface area contributed by atoms with Crippen molar-refractivity contribution in [3.05, 3.63) is 47.6 Å². The zero-order valence-corrected chi connectivity index (χ0v) is 65.6. The van der Waals surface area contributed by atoms with E-state index in [0.29, 0.717) is 24.0 Å². The molecule has 4 fully saturated rings. The van der Waals surface area contributed by atoms with Crippen LogP contribution in [0.5, 0.6) is 0 Å². The molecule has 0 aromatic rings. The molecule has 9 N–H and O–H groups in total. The zero-order valence-electron chi connectivity index (χ0n) is 65.6. The van der Waals surface area contributed by atoms with Gasteiger partial charge >= 0.3 is 11.9 Å². The van der Waals surface area contributed by atoms with Gasteiger partial charge in [-0.2, -0.15) is 0 Å². The number of aldehydes is 2. The number of carbonyl (C=O) groups excluding carboxylic acids is 6. The smallest absolute Gasteiger partial charge is 0.308 e. The lowest BCUT2D eigenvalue weighted by Crippen LogP contribution is -2.65. The number of methoxy groups -OCH3 is 2. The molecule has 106 heavy (non-hydrogen) atoms. The van der Waals surface area contributed by atoms with Gasteiger partial charge in [0.05, 0.1) is 98.7 Å². The zero-order chi connectivity index (χ0) is 79.5. The van der Waals surface area contributed by atoms with Crippen LogP contribution in [0, 0.1) is 47.3 Å². The number of ketones is 2. The molecular weight excluding hydrogens is 1380 g/mol. The van der Waals surface area contributed by atoms with Gasteiger partial charge in [0.2, 0.25) is 0 Å². The van der Waals surface area contributed by atoms with Crippen molar-refractivity contribution in [2.75, 3.05) is 55.6 Å². The van der Waals surface area contributed by atoms with E-state index in [4.69, 9.17) is 56.8 Å². The Morgan fingerprint density at radius 2 is 0.972 bits per heavy atom. The van der Waals surface area contributed by atoms with Crippen molar-refractivity contribution >= 4 is 36.1 Å². The van der Waals surface area contributed by atoms with Crippen LogP contribution in [0.3, 0.4) is 0 Å². The molecule has 0 amide bonds. The summed E-state index contributed by atoms with van der Waals surface area (Å²) < 4.78 is 72.5. The second kappa shape index (κ2) is 43.0. The van der Waals surface area contributed by atoms with Crippen LogP contribution in [0.25, 0.3) is 0 Å². The summed E-state index contributed by atoms with van der Waals surface area (Å²) in [5, 5.41) is 98.8. The van der Waals surface area contributed by atoms with Gasteiger partial charge in [0.1, 0.15) is 67.5 Å². The van der Waals surface area contributed by atoms with Crippen LogP contribution >= 0.6 is 0 Å². The highest BCUT2D eigenvalue weighted by Crippen LogP contribution is 2.40. The first-order chi connectivity index (χ1) is 49.8. The summed E-state index contributed by atoms with van der Waals surface area (Å²) in [5.41, 5.74) is -0.0925. The van der Waals surface area contributed by atoms with E-state index >= 15 is 0 Å². The number of aliphatic hydroxyl groups excluding tert-OH is 8.